The molecule has 2 aliphatic rings. The van der Waals surface area contributed by atoms with Gasteiger partial charge < -0.3 is 15.0 Å². The quantitative estimate of drug-likeness (QED) is 0.775. The molecule has 0 aromatic carbocycles. The molecule has 0 spiro atoms. The Kier molecular flexibility index (Phi) is 3.88. The van der Waals surface area contributed by atoms with E-state index in [9.17, 15) is 9.59 Å². The van der Waals surface area contributed by atoms with Gasteiger partial charge in [0.25, 0.3) is 0 Å². The third-order valence-electron chi connectivity index (χ3n) is 4.13. The number of cyclic esters (lactones) is 1. The Balaban J connectivity index is 1.32. The van der Waals surface area contributed by atoms with Crippen LogP contribution in [-0.4, -0.2) is 79.4 Å². The van der Waals surface area contributed by atoms with Crippen LogP contribution in [0.15, 0.2) is 18.6 Å². The van der Waals surface area contributed by atoms with Gasteiger partial charge in [-0.1, -0.05) is 0 Å². The summed E-state index contributed by atoms with van der Waals surface area (Å²) in [6, 6.07) is -0.281. The first-order chi connectivity index (χ1) is 12.2. The lowest BCUT2D eigenvalue weighted by Crippen LogP contribution is -2.55. The topological polar surface area (TPSA) is 129 Å². The third-order valence-corrected chi connectivity index (χ3v) is 4.13. The van der Waals surface area contributed by atoms with Crippen LogP contribution in [0.5, 0.6) is 0 Å². The third kappa shape index (κ3) is 3.07. The maximum Gasteiger partial charge on any atom is 0.410 e. The van der Waals surface area contributed by atoms with Crippen molar-refractivity contribution in [3.8, 4) is 11.5 Å². The van der Waals surface area contributed by atoms with Crippen LogP contribution in [0.25, 0.3) is 11.5 Å². The van der Waals surface area contributed by atoms with Gasteiger partial charge in [-0.3, -0.25) is 15.0 Å². The molecule has 4 heterocycles. The van der Waals surface area contributed by atoms with Gasteiger partial charge in [0.1, 0.15) is 18.1 Å². The number of urea groups is 1. The molecule has 1 atom stereocenters. The SMILES string of the molecule is O=C(NCc1nc(-c2cnccn2)n[nH]1)N1CCN2C(=O)OCC2C1. The van der Waals surface area contributed by atoms with Crippen molar-refractivity contribution in [2.75, 3.05) is 26.2 Å². The number of aromatic nitrogens is 5. The summed E-state index contributed by atoms with van der Waals surface area (Å²) in [5.74, 6) is 0.944. The molecular formula is C14H16N8O3. The van der Waals surface area contributed by atoms with Gasteiger partial charge in [-0.25, -0.2) is 19.6 Å². The summed E-state index contributed by atoms with van der Waals surface area (Å²) in [6.07, 6.45) is 4.39. The summed E-state index contributed by atoms with van der Waals surface area (Å²) < 4.78 is 5.00. The Bertz CT molecular complexity index is 779. The van der Waals surface area contributed by atoms with E-state index >= 15 is 0 Å². The Morgan fingerprint density at radius 1 is 1.40 bits per heavy atom. The van der Waals surface area contributed by atoms with E-state index in [2.05, 4.69) is 30.5 Å². The summed E-state index contributed by atoms with van der Waals surface area (Å²) in [5.41, 5.74) is 0.554. The van der Waals surface area contributed by atoms with E-state index in [0.29, 0.717) is 43.6 Å². The zero-order valence-corrected chi connectivity index (χ0v) is 13.3. The van der Waals surface area contributed by atoms with E-state index < -0.39 is 0 Å². The smallest absolute Gasteiger partial charge is 0.410 e. The number of amides is 3. The van der Waals surface area contributed by atoms with Gasteiger partial charge in [-0.15, -0.1) is 0 Å². The van der Waals surface area contributed by atoms with Crippen LogP contribution in [-0.2, 0) is 11.3 Å². The Morgan fingerprint density at radius 2 is 2.32 bits per heavy atom. The molecule has 2 aromatic rings. The number of H-pyrrole nitrogens is 1. The number of carbonyl (C=O) groups excluding carboxylic acids is 2. The summed E-state index contributed by atoms with van der Waals surface area (Å²) in [7, 11) is 0. The van der Waals surface area contributed by atoms with Crippen LogP contribution < -0.4 is 5.32 Å². The minimum atomic E-state index is -0.303. The lowest BCUT2D eigenvalue weighted by atomic mass is 10.2. The van der Waals surface area contributed by atoms with Gasteiger partial charge in [0.2, 0.25) is 5.82 Å². The average Bonchev–Trinajstić information content (AvgIpc) is 3.27. The van der Waals surface area contributed by atoms with Gasteiger partial charge in [-0.2, -0.15) is 5.10 Å². The highest BCUT2D eigenvalue weighted by atomic mass is 16.6. The lowest BCUT2D eigenvalue weighted by molar-refractivity contribution is 0.127. The Morgan fingerprint density at radius 3 is 3.16 bits per heavy atom. The van der Waals surface area contributed by atoms with Crippen molar-refractivity contribution < 1.29 is 14.3 Å². The molecule has 2 fully saturated rings. The minimum Gasteiger partial charge on any atom is -0.447 e. The van der Waals surface area contributed by atoms with Gasteiger partial charge >= 0.3 is 12.1 Å². The van der Waals surface area contributed by atoms with E-state index in [4.69, 9.17) is 4.74 Å². The first-order valence-electron chi connectivity index (χ1n) is 7.84. The van der Waals surface area contributed by atoms with Crippen molar-refractivity contribution in [1.82, 2.24) is 40.3 Å². The molecule has 4 rings (SSSR count). The summed E-state index contributed by atoms with van der Waals surface area (Å²) in [4.78, 5) is 39.5. The molecule has 2 aliphatic heterocycles. The number of aromatic amines is 1. The molecule has 2 N–H and O–H groups in total. The zero-order chi connectivity index (χ0) is 17.2. The number of nitrogens with zero attached hydrogens (tertiary/aromatic N) is 6. The maximum absolute atomic E-state index is 12.3. The van der Waals surface area contributed by atoms with Crippen molar-refractivity contribution in [2.24, 2.45) is 0 Å². The second-order valence-corrected chi connectivity index (χ2v) is 5.73. The molecule has 3 amide bonds. The van der Waals surface area contributed by atoms with Crippen molar-refractivity contribution in [3.05, 3.63) is 24.4 Å². The normalized spacial score (nSPS) is 19.5. The molecule has 130 valence electrons. The van der Waals surface area contributed by atoms with E-state index in [1.54, 1.807) is 28.4 Å². The molecule has 2 aromatic heterocycles. The van der Waals surface area contributed by atoms with Gasteiger partial charge in [0.15, 0.2) is 0 Å². The van der Waals surface area contributed by atoms with Crippen molar-refractivity contribution in [3.63, 3.8) is 0 Å². The molecule has 0 aliphatic carbocycles. The Labute approximate surface area is 142 Å². The number of carbonyl (C=O) groups is 2. The van der Waals surface area contributed by atoms with Crippen LogP contribution in [0.3, 0.4) is 0 Å². The number of piperazine rings is 1. The predicted octanol–water partition coefficient (Wildman–Crippen LogP) is -0.392. The molecule has 2 saturated heterocycles. The van der Waals surface area contributed by atoms with Crippen molar-refractivity contribution in [2.45, 2.75) is 12.6 Å². The molecule has 11 nitrogen and oxygen atoms in total. The number of hydrogen-bond acceptors (Lipinski definition) is 7. The van der Waals surface area contributed by atoms with E-state index in [1.165, 1.54) is 0 Å². The molecule has 0 bridgehead atoms. The fourth-order valence-corrected chi connectivity index (χ4v) is 2.85. The van der Waals surface area contributed by atoms with Crippen LogP contribution >= 0.6 is 0 Å². The van der Waals surface area contributed by atoms with Crippen LogP contribution in [0.2, 0.25) is 0 Å². The van der Waals surface area contributed by atoms with E-state index in [-0.39, 0.29) is 24.7 Å². The first kappa shape index (κ1) is 15.3. The average molecular weight is 344 g/mol. The fourth-order valence-electron chi connectivity index (χ4n) is 2.85. The molecule has 11 heteroatoms. The number of ether oxygens (including phenoxy) is 1. The Hall–Kier alpha value is -3.24. The van der Waals surface area contributed by atoms with Gasteiger partial charge in [0, 0.05) is 32.0 Å². The molecular weight excluding hydrogens is 328 g/mol. The molecule has 0 radical (unpaired) electrons. The highest BCUT2D eigenvalue weighted by molar-refractivity contribution is 5.75. The first-order valence-corrected chi connectivity index (χ1v) is 7.84. The zero-order valence-electron chi connectivity index (χ0n) is 13.3. The van der Waals surface area contributed by atoms with E-state index in [1.807, 2.05) is 0 Å². The molecule has 0 saturated carbocycles. The summed E-state index contributed by atoms with van der Waals surface area (Å²) in [6.45, 7) is 1.95. The highest BCUT2D eigenvalue weighted by Gasteiger charge is 2.38. The van der Waals surface area contributed by atoms with Gasteiger partial charge in [-0.05, 0) is 0 Å². The maximum atomic E-state index is 12.3. The number of fused-ring (bicyclic) bond motifs is 1. The van der Waals surface area contributed by atoms with Crippen LogP contribution in [0.1, 0.15) is 5.82 Å². The minimum absolute atomic E-state index is 0.0689. The molecule has 25 heavy (non-hydrogen) atoms. The fraction of sp³-hybridized carbons (Fsp3) is 0.429. The second kappa shape index (κ2) is 6.34. The highest BCUT2D eigenvalue weighted by Crippen LogP contribution is 2.17. The largest absolute Gasteiger partial charge is 0.447 e. The predicted molar refractivity (Wildman–Crippen MR) is 83.1 cm³/mol. The van der Waals surface area contributed by atoms with E-state index in [0.717, 1.165) is 0 Å². The number of rotatable bonds is 3. The lowest BCUT2D eigenvalue weighted by Gasteiger charge is -2.35. The summed E-state index contributed by atoms with van der Waals surface area (Å²) in [5, 5.41) is 9.63. The van der Waals surface area contributed by atoms with Crippen molar-refractivity contribution >= 4 is 12.1 Å². The summed E-state index contributed by atoms with van der Waals surface area (Å²) >= 11 is 0. The van der Waals surface area contributed by atoms with Crippen LogP contribution in [0, 0.1) is 0 Å². The van der Waals surface area contributed by atoms with Crippen molar-refractivity contribution in [1.29, 1.82) is 0 Å². The second-order valence-electron chi connectivity index (χ2n) is 5.73. The monoisotopic (exact) mass is 344 g/mol. The molecule has 1 unspecified atom stereocenters. The van der Waals surface area contributed by atoms with Crippen LogP contribution in [0.4, 0.5) is 9.59 Å². The van der Waals surface area contributed by atoms with Gasteiger partial charge in [0.05, 0.1) is 18.8 Å². The number of nitrogens with one attached hydrogen (secondary N) is 2. The number of hydrogen-bond donors (Lipinski definition) is 2. The standard InChI is InChI=1S/C14H16N8O3/c23-13(21-3-4-22-9(7-21)8-25-14(22)24)17-6-11-18-12(20-19-11)10-5-15-1-2-16-10/h1-2,5,9H,3-4,6-8H2,(H,17,23)(H,18,19,20).